The lowest BCUT2D eigenvalue weighted by Gasteiger charge is -2.34. The van der Waals surface area contributed by atoms with Gasteiger partial charge in [-0.05, 0) is 23.7 Å². The van der Waals surface area contributed by atoms with E-state index >= 15 is 0 Å². The van der Waals surface area contributed by atoms with Crippen molar-refractivity contribution in [3.05, 3.63) is 77.4 Å². The van der Waals surface area contributed by atoms with Crippen molar-refractivity contribution in [1.82, 2.24) is 20.0 Å². The summed E-state index contributed by atoms with van der Waals surface area (Å²) >= 11 is 0. The standard InChI is InChI=1S/C25H30N4O2/c1-3-27-12-14-28(15-13-27)17-21-9-5-4-8-20(21)16-26-24(30)18-29-19(2)22-10-6-7-11-23(22)25(29)31/h4-11H,2-3,12-18H2,1H3,(H,26,30). The summed E-state index contributed by atoms with van der Waals surface area (Å²) < 4.78 is 0. The number of amides is 2. The Hall–Kier alpha value is -2.96. The molecule has 2 heterocycles. The normalized spacial score (nSPS) is 17.1. The number of carbonyl (C=O) groups excluding carboxylic acids is 2. The second-order valence-corrected chi connectivity index (χ2v) is 8.14. The predicted molar refractivity (Wildman–Crippen MR) is 122 cm³/mol. The zero-order valence-corrected chi connectivity index (χ0v) is 18.1. The van der Waals surface area contributed by atoms with Gasteiger partial charge in [0.05, 0.1) is 0 Å². The molecule has 1 fully saturated rings. The highest BCUT2D eigenvalue weighted by Gasteiger charge is 2.31. The molecule has 0 spiro atoms. The number of nitrogens with one attached hydrogen (secondary N) is 1. The second kappa shape index (κ2) is 9.45. The van der Waals surface area contributed by atoms with Crippen LogP contribution in [0.3, 0.4) is 0 Å². The molecular formula is C25H30N4O2. The summed E-state index contributed by atoms with van der Waals surface area (Å²) in [6.07, 6.45) is 0. The van der Waals surface area contributed by atoms with E-state index in [1.165, 1.54) is 10.5 Å². The Balaban J connectivity index is 1.33. The van der Waals surface area contributed by atoms with Crippen LogP contribution in [0.4, 0.5) is 0 Å². The molecule has 162 valence electrons. The van der Waals surface area contributed by atoms with Crippen LogP contribution in [-0.2, 0) is 17.9 Å². The largest absolute Gasteiger partial charge is 0.350 e. The molecule has 2 aliphatic heterocycles. The maximum atomic E-state index is 12.6. The molecule has 2 aromatic rings. The number of hydrogen-bond donors (Lipinski definition) is 1. The van der Waals surface area contributed by atoms with Crippen molar-refractivity contribution in [3.63, 3.8) is 0 Å². The molecule has 1 N–H and O–H groups in total. The van der Waals surface area contributed by atoms with E-state index < -0.39 is 0 Å². The van der Waals surface area contributed by atoms with Crippen molar-refractivity contribution in [2.75, 3.05) is 39.3 Å². The first-order valence-corrected chi connectivity index (χ1v) is 10.9. The molecule has 1 saturated heterocycles. The maximum absolute atomic E-state index is 12.6. The Morgan fingerprint density at radius 1 is 0.935 bits per heavy atom. The predicted octanol–water partition coefficient (Wildman–Crippen LogP) is 2.57. The zero-order valence-electron chi connectivity index (χ0n) is 18.1. The van der Waals surface area contributed by atoms with Crippen LogP contribution in [0.1, 0.15) is 34.0 Å². The van der Waals surface area contributed by atoms with Crippen LogP contribution in [0.5, 0.6) is 0 Å². The van der Waals surface area contributed by atoms with Gasteiger partial charge >= 0.3 is 0 Å². The van der Waals surface area contributed by atoms with Crippen molar-refractivity contribution >= 4 is 17.5 Å². The molecule has 0 saturated carbocycles. The average molecular weight is 419 g/mol. The van der Waals surface area contributed by atoms with Crippen molar-refractivity contribution in [3.8, 4) is 0 Å². The Morgan fingerprint density at radius 2 is 1.55 bits per heavy atom. The van der Waals surface area contributed by atoms with Gasteiger partial charge in [0.25, 0.3) is 5.91 Å². The van der Waals surface area contributed by atoms with Crippen molar-refractivity contribution in [2.24, 2.45) is 0 Å². The summed E-state index contributed by atoms with van der Waals surface area (Å²) in [6, 6.07) is 15.6. The first-order valence-electron chi connectivity index (χ1n) is 10.9. The third kappa shape index (κ3) is 4.70. The van der Waals surface area contributed by atoms with Crippen LogP contribution in [-0.4, -0.2) is 65.8 Å². The molecular weight excluding hydrogens is 388 g/mol. The first kappa shape index (κ1) is 21.3. The van der Waals surface area contributed by atoms with Gasteiger partial charge in [0.15, 0.2) is 0 Å². The smallest absolute Gasteiger partial charge is 0.259 e. The molecule has 6 heteroatoms. The van der Waals surface area contributed by atoms with E-state index in [9.17, 15) is 9.59 Å². The lowest BCUT2D eigenvalue weighted by molar-refractivity contribution is -0.121. The topological polar surface area (TPSA) is 55.9 Å². The highest BCUT2D eigenvalue weighted by molar-refractivity contribution is 6.10. The van der Waals surface area contributed by atoms with Crippen molar-refractivity contribution < 1.29 is 9.59 Å². The third-order valence-electron chi connectivity index (χ3n) is 6.24. The third-order valence-corrected chi connectivity index (χ3v) is 6.24. The molecule has 2 aliphatic rings. The lowest BCUT2D eigenvalue weighted by Crippen LogP contribution is -2.45. The van der Waals surface area contributed by atoms with Crippen molar-refractivity contribution in [1.29, 1.82) is 0 Å². The van der Waals surface area contributed by atoms with Crippen LogP contribution in [0.25, 0.3) is 5.70 Å². The number of likely N-dealkylation sites (N-methyl/N-ethyl adjacent to an activating group) is 1. The summed E-state index contributed by atoms with van der Waals surface area (Å²) in [5.41, 5.74) is 4.34. The minimum absolute atomic E-state index is 0.0203. The highest BCUT2D eigenvalue weighted by Crippen LogP contribution is 2.30. The van der Waals surface area contributed by atoms with Gasteiger partial charge in [0.2, 0.25) is 5.91 Å². The van der Waals surface area contributed by atoms with E-state index in [1.54, 1.807) is 6.07 Å². The number of carbonyl (C=O) groups is 2. The van der Waals surface area contributed by atoms with Crippen LogP contribution in [0.15, 0.2) is 55.1 Å². The Labute approximate surface area is 184 Å². The quantitative estimate of drug-likeness (QED) is 0.751. The van der Waals surface area contributed by atoms with Crippen LogP contribution < -0.4 is 5.32 Å². The summed E-state index contributed by atoms with van der Waals surface area (Å²) in [4.78, 5) is 31.6. The molecule has 2 aromatic carbocycles. The van der Waals surface area contributed by atoms with E-state index in [4.69, 9.17) is 0 Å². The molecule has 0 aliphatic carbocycles. The number of nitrogens with zero attached hydrogens (tertiary/aromatic N) is 3. The van der Waals surface area contributed by atoms with Gasteiger partial charge in [0.1, 0.15) is 6.54 Å². The minimum atomic E-state index is -0.186. The maximum Gasteiger partial charge on any atom is 0.259 e. The Kier molecular flexibility index (Phi) is 6.49. The summed E-state index contributed by atoms with van der Waals surface area (Å²) in [7, 11) is 0. The summed E-state index contributed by atoms with van der Waals surface area (Å²) in [5.74, 6) is -0.351. The van der Waals surface area contributed by atoms with E-state index in [1.807, 2.05) is 30.3 Å². The van der Waals surface area contributed by atoms with E-state index in [-0.39, 0.29) is 18.4 Å². The van der Waals surface area contributed by atoms with Gasteiger partial charge in [-0.2, -0.15) is 0 Å². The fraction of sp³-hybridized carbons (Fsp3) is 0.360. The summed E-state index contributed by atoms with van der Waals surface area (Å²) in [5, 5.41) is 2.99. The molecule has 31 heavy (non-hydrogen) atoms. The van der Waals surface area contributed by atoms with Gasteiger partial charge in [-0.25, -0.2) is 0 Å². The average Bonchev–Trinajstić information content (AvgIpc) is 3.04. The monoisotopic (exact) mass is 418 g/mol. The van der Waals surface area contributed by atoms with E-state index in [2.05, 4.69) is 40.8 Å². The molecule has 0 radical (unpaired) electrons. The molecule has 2 amide bonds. The second-order valence-electron chi connectivity index (χ2n) is 8.14. The first-order chi connectivity index (χ1) is 15.1. The van der Waals surface area contributed by atoms with Gasteiger partial charge < -0.3 is 10.2 Å². The van der Waals surface area contributed by atoms with Gasteiger partial charge in [0, 0.05) is 56.1 Å². The Morgan fingerprint density at radius 3 is 2.23 bits per heavy atom. The number of rotatable bonds is 7. The zero-order chi connectivity index (χ0) is 21.8. The van der Waals surface area contributed by atoms with Crippen LogP contribution in [0, 0.1) is 0 Å². The summed E-state index contributed by atoms with van der Waals surface area (Å²) in [6.45, 7) is 13.0. The minimum Gasteiger partial charge on any atom is -0.350 e. The Bertz CT molecular complexity index is 944. The SMILES string of the molecule is C=C1c2ccccc2C(=O)N1CC(=O)NCc1ccccc1CN1CCN(CC)CC1. The molecule has 6 nitrogen and oxygen atoms in total. The van der Waals surface area contributed by atoms with E-state index in [0.717, 1.165) is 50.4 Å². The van der Waals surface area contributed by atoms with Gasteiger partial charge in [-0.1, -0.05) is 56.0 Å². The number of benzene rings is 2. The number of fused-ring (bicyclic) bond motifs is 1. The molecule has 0 unspecified atom stereocenters. The fourth-order valence-corrected chi connectivity index (χ4v) is 4.28. The fourth-order valence-electron chi connectivity index (χ4n) is 4.28. The van der Waals surface area contributed by atoms with E-state index in [0.29, 0.717) is 17.8 Å². The number of hydrogen-bond acceptors (Lipinski definition) is 4. The lowest BCUT2D eigenvalue weighted by atomic mass is 10.1. The molecule has 0 atom stereocenters. The van der Waals surface area contributed by atoms with Crippen LogP contribution >= 0.6 is 0 Å². The van der Waals surface area contributed by atoms with Crippen molar-refractivity contribution in [2.45, 2.75) is 20.0 Å². The van der Waals surface area contributed by atoms with Crippen LogP contribution in [0.2, 0.25) is 0 Å². The molecule has 0 bridgehead atoms. The molecule has 0 aromatic heterocycles. The number of piperazine rings is 1. The van der Waals surface area contributed by atoms with Gasteiger partial charge in [-0.3, -0.25) is 19.4 Å². The van der Waals surface area contributed by atoms with Gasteiger partial charge in [-0.15, -0.1) is 0 Å². The molecule has 4 rings (SSSR count). The highest BCUT2D eigenvalue weighted by atomic mass is 16.2.